The van der Waals surface area contributed by atoms with Gasteiger partial charge in [-0.2, -0.15) is 0 Å². The minimum atomic E-state index is -0.550. The molecule has 0 radical (unpaired) electrons. The number of rotatable bonds is 3. The quantitative estimate of drug-likeness (QED) is 0.846. The second kappa shape index (κ2) is 7.15. The smallest absolute Gasteiger partial charge is 0.254 e. The van der Waals surface area contributed by atoms with E-state index < -0.39 is 6.04 Å². The first kappa shape index (κ1) is 17.3. The Balaban J connectivity index is 1.80. The highest BCUT2D eigenvalue weighted by molar-refractivity contribution is 6.31. The predicted molar refractivity (Wildman–Crippen MR) is 97.3 cm³/mol. The molecule has 0 N–H and O–H groups in total. The number of halogens is 1. The maximum absolute atomic E-state index is 12.8. The van der Waals surface area contributed by atoms with E-state index in [0.717, 1.165) is 5.69 Å². The molecule has 25 heavy (non-hydrogen) atoms. The second-order valence-corrected chi connectivity index (χ2v) is 6.31. The van der Waals surface area contributed by atoms with Gasteiger partial charge in [0.1, 0.15) is 11.8 Å². The van der Waals surface area contributed by atoms with Gasteiger partial charge in [-0.15, -0.1) is 0 Å². The first-order valence-electron chi connectivity index (χ1n) is 8.03. The number of hydrogen-bond acceptors (Lipinski definition) is 3. The first-order chi connectivity index (χ1) is 12.0. The van der Waals surface area contributed by atoms with Crippen molar-refractivity contribution in [1.29, 1.82) is 0 Å². The summed E-state index contributed by atoms with van der Waals surface area (Å²) in [5, 5.41) is 0.500. The molecule has 2 aromatic carbocycles. The molecule has 5 nitrogen and oxygen atoms in total. The van der Waals surface area contributed by atoms with Gasteiger partial charge in [-0.25, -0.2) is 0 Å². The fraction of sp³-hybridized carbons (Fsp3) is 0.263. The third-order valence-electron chi connectivity index (χ3n) is 4.35. The van der Waals surface area contributed by atoms with Gasteiger partial charge in [0.05, 0.1) is 7.11 Å². The van der Waals surface area contributed by atoms with Crippen LogP contribution in [0.5, 0.6) is 5.75 Å². The molecular formula is C19H19ClN2O3. The molecule has 0 aliphatic carbocycles. The molecule has 0 saturated carbocycles. The van der Waals surface area contributed by atoms with E-state index in [4.69, 9.17) is 16.3 Å². The zero-order chi connectivity index (χ0) is 18.0. The molecule has 6 heteroatoms. The first-order valence-corrected chi connectivity index (χ1v) is 8.41. The Hall–Kier alpha value is -2.53. The van der Waals surface area contributed by atoms with Crippen LogP contribution >= 0.6 is 11.6 Å². The van der Waals surface area contributed by atoms with Crippen molar-refractivity contribution in [3.63, 3.8) is 0 Å². The van der Waals surface area contributed by atoms with Crippen molar-refractivity contribution in [2.24, 2.45) is 0 Å². The number of benzene rings is 2. The average Bonchev–Trinajstić information content (AvgIpc) is 2.63. The highest BCUT2D eigenvalue weighted by atomic mass is 35.5. The topological polar surface area (TPSA) is 49.9 Å². The zero-order valence-corrected chi connectivity index (χ0v) is 14.9. The zero-order valence-electron chi connectivity index (χ0n) is 14.1. The molecular weight excluding hydrogens is 340 g/mol. The Morgan fingerprint density at radius 2 is 1.92 bits per heavy atom. The van der Waals surface area contributed by atoms with Gasteiger partial charge in [-0.05, 0) is 37.3 Å². The summed E-state index contributed by atoms with van der Waals surface area (Å²) in [4.78, 5) is 28.8. The van der Waals surface area contributed by atoms with E-state index in [1.807, 2.05) is 24.3 Å². The summed E-state index contributed by atoms with van der Waals surface area (Å²) in [6.45, 7) is 2.63. The van der Waals surface area contributed by atoms with E-state index >= 15 is 0 Å². The molecule has 1 saturated heterocycles. The summed E-state index contributed by atoms with van der Waals surface area (Å²) in [7, 11) is 1.59. The molecule has 0 bridgehead atoms. The number of hydrogen-bond donors (Lipinski definition) is 0. The Morgan fingerprint density at radius 1 is 1.16 bits per heavy atom. The molecule has 2 amide bonds. The molecule has 2 aromatic rings. The van der Waals surface area contributed by atoms with Crippen LogP contribution in [0, 0.1) is 0 Å². The maximum Gasteiger partial charge on any atom is 0.254 e. The SMILES string of the molecule is COc1cccc(N2CCN(C(=O)c3cccc(Cl)c3)C(C)C2=O)c1. The molecule has 1 aliphatic rings. The highest BCUT2D eigenvalue weighted by Gasteiger charge is 2.35. The van der Waals surface area contributed by atoms with E-state index in [2.05, 4.69) is 0 Å². The van der Waals surface area contributed by atoms with Crippen LogP contribution in [0.25, 0.3) is 0 Å². The largest absolute Gasteiger partial charge is 0.497 e. The molecule has 1 atom stereocenters. The minimum absolute atomic E-state index is 0.116. The number of anilines is 1. The Bertz CT molecular complexity index is 809. The van der Waals surface area contributed by atoms with Crippen LogP contribution in [0.3, 0.4) is 0 Å². The predicted octanol–water partition coefficient (Wildman–Crippen LogP) is 3.23. The monoisotopic (exact) mass is 358 g/mol. The van der Waals surface area contributed by atoms with Gasteiger partial charge in [0, 0.05) is 35.4 Å². The van der Waals surface area contributed by atoms with Crippen molar-refractivity contribution in [2.75, 3.05) is 25.1 Å². The molecule has 3 rings (SSSR count). The lowest BCUT2D eigenvalue weighted by Gasteiger charge is -2.39. The molecule has 0 aromatic heterocycles. The lowest BCUT2D eigenvalue weighted by molar-refractivity contribution is -0.124. The molecule has 0 spiro atoms. The molecule has 1 heterocycles. The third-order valence-corrected chi connectivity index (χ3v) is 4.59. The van der Waals surface area contributed by atoms with Gasteiger partial charge in [0.15, 0.2) is 0 Å². The standard InChI is InChI=1S/C19H19ClN2O3/c1-13-18(23)22(16-7-4-8-17(12-16)25-2)10-9-21(13)19(24)14-5-3-6-15(20)11-14/h3-8,11-13H,9-10H2,1-2H3. The molecule has 1 fully saturated rings. The van der Waals surface area contributed by atoms with Crippen molar-refractivity contribution < 1.29 is 14.3 Å². The minimum Gasteiger partial charge on any atom is -0.497 e. The second-order valence-electron chi connectivity index (χ2n) is 5.88. The van der Waals surface area contributed by atoms with Gasteiger partial charge in [0.2, 0.25) is 5.91 Å². The van der Waals surface area contributed by atoms with Crippen molar-refractivity contribution in [3.05, 3.63) is 59.1 Å². The number of nitrogens with zero attached hydrogens (tertiary/aromatic N) is 2. The van der Waals surface area contributed by atoms with E-state index in [1.165, 1.54) is 0 Å². The third kappa shape index (κ3) is 3.46. The summed E-state index contributed by atoms with van der Waals surface area (Å²) >= 11 is 5.97. The van der Waals surface area contributed by atoms with Crippen LogP contribution in [0.15, 0.2) is 48.5 Å². The number of carbonyl (C=O) groups is 2. The summed E-state index contributed by atoms with van der Waals surface area (Å²) in [5.41, 5.74) is 1.26. The van der Waals surface area contributed by atoms with Crippen LogP contribution in [0.4, 0.5) is 5.69 Å². The van der Waals surface area contributed by atoms with Gasteiger partial charge < -0.3 is 14.5 Å². The van der Waals surface area contributed by atoms with Gasteiger partial charge >= 0.3 is 0 Å². The fourth-order valence-electron chi connectivity index (χ4n) is 2.97. The van der Waals surface area contributed by atoms with E-state index in [1.54, 1.807) is 48.1 Å². The van der Waals surface area contributed by atoms with Gasteiger partial charge in [-0.1, -0.05) is 23.7 Å². The number of piperazine rings is 1. The van der Waals surface area contributed by atoms with E-state index in [-0.39, 0.29) is 11.8 Å². The van der Waals surface area contributed by atoms with Crippen molar-refractivity contribution in [3.8, 4) is 5.75 Å². The van der Waals surface area contributed by atoms with Crippen molar-refractivity contribution in [1.82, 2.24) is 4.90 Å². The van der Waals surface area contributed by atoms with Crippen LogP contribution < -0.4 is 9.64 Å². The maximum atomic E-state index is 12.8. The number of amides is 2. The Kier molecular flexibility index (Phi) is 4.95. The van der Waals surface area contributed by atoms with E-state index in [0.29, 0.717) is 29.4 Å². The van der Waals surface area contributed by atoms with Crippen LogP contribution in [-0.2, 0) is 4.79 Å². The lowest BCUT2D eigenvalue weighted by Crippen LogP contribution is -2.57. The lowest BCUT2D eigenvalue weighted by atomic mass is 10.1. The molecule has 1 unspecified atom stereocenters. The van der Waals surface area contributed by atoms with Gasteiger partial charge in [-0.3, -0.25) is 9.59 Å². The van der Waals surface area contributed by atoms with Crippen LogP contribution in [0.1, 0.15) is 17.3 Å². The summed E-state index contributed by atoms with van der Waals surface area (Å²) in [6, 6.07) is 13.6. The van der Waals surface area contributed by atoms with Crippen LogP contribution in [0.2, 0.25) is 5.02 Å². The number of ether oxygens (including phenoxy) is 1. The fourth-order valence-corrected chi connectivity index (χ4v) is 3.16. The summed E-state index contributed by atoms with van der Waals surface area (Å²) in [5.74, 6) is 0.388. The summed E-state index contributed by atoms with van der Waals surface area (Å²) in [6.07, 6.45) is 0. The summed E-state index contributed by atoms with van der Waals surface area (Å²) < 4.78 is 5.22. The normalized spacial score (nSPS) is 17.6. The number of carbonyl (C=O) groups excluding carboxylic acids is 2. The average molecular weight is 359 g/mol. The van der Waals surface area contributed by atoms with Crippen LogP contribution in [-0.4, -0.2) is 43.0 Å². The van der Waals surface area contributed by atoms with Gasteiger partial charge in [0.25, 0.3) is 5.91 Å². The molecule has 1 aliphatic heterocycles. The van der Waals surface area contributed by atoms with Crippen molar-refractivity contribution >= 4 is 29.1 Å². The Morgan fingerprint density at radius 3 is 2.64 bits per heavy atom. The number of methoxy groups -OCH3 is 1. The van der Waals surface area contributed by atoms with Crippen molar-refractivity contribution in [2.45, 2.75) is 13.0 Å². The Labute approximate surface area is 151 Å². The van der Waals surface area contributed by atoms with E-state index in [9.17, 15) is 9.59 Å². The molecule has 130 valence electrons. The highest BCUT2D eigenvalue weighted by Crippen LogP contribution is 2.25.